The third-order valence-corrected chi connectivity index (χ3v) is 4.44. The van der Waals surface area contributed by atoms with Crippen LogP contribution < -0.4 is 5.32 Å². The van der Waals surface area contributed by atoms with Crippen molar-refractivity contribution in [3.63, 3.8) is 0 Å². The van der Waals surface area contributed by atoms with E-state index in [0.717, 1.165) is 41.7 Å². The van der Waals surface area contributed by atoms with Gasteiger partial charge in [-0.2, -0.15) is 0 Å². The Hall–Kier alpha value is -2.66. The summed E-state index contributed by atoms with van der Waals surface area (Å²) in [6.45, 7) is 7.76. The van der Waals surface area contributed by atoms with Crippen LogP contribution in [0.5, 0.6) is 0 Å². The van der Waals surface area contributed by atoms with Crippen LogP contribution in [0.4, 0.5) is 0 Å². The quantitative estimate of drug-likeness (QED) is 0.652. The van der Waals surface area contributed by atoms with Crippen LogP contribution in [-0.4, -0.2) is 47.0 Å². The second-order valence-electron chi connectivity index (χ2n) is 5.98. The summed E-state index contributed by atoms with van der Waals surface area (Å²) in [5, 5.41) is 5.20. The molecule has 2 aromatic heterocycles. The number of aromatic amines is 1. The lowest BCUT2D eigenvalue weighted by Gasteiger charge is -2.17. The first-order valence-corrected chi connectivity index (χ1v) is 8.76. The number of likely N-dealkylation sites (N-methyl/N-ethyl adjacent to an activating group) is 1. The molecule has 25 heavy (non-hydrogen) atoms. The summed E-state index contributed by atoms with van der Waals surface area (Å²) >= 11 is 0. The van der Waals surface area contributed by atoms with Crippen molar-refractivity contribution in [2.45, 2.75) is 13.8 Å². The zero-order chi connectivity index (χ0) is 17.6. The SMILES string of the molecule is CCN(CC)CCNC(=O)/C=C/c1cc2c(cn1)[nH]c1ccccc12. The maximum absolute atomic E-state index is 12.0. The molecule has 130 valence electrons. The average molecular weight is 336 g/mol. The lowest BCUT2D eigenvalue weighted by molar-refractivity contribution is -0.116. The van der Waals surface area contributed by atoms with Crippen LogP contribution in [-0.2, 0) is 4.79 Å². The van der Waals surface area contributed by atoms with Gasteiger partial charge in [0.15, 0.2) is 0 Å². The Morgan fingerprint density at radius 3 is 2.80 bits per heavy atom. The number of para-hydroxylation sites is 1. The number of nitrogens with zero attached hydrogens (tertiary/aromatic N) is 2. The summed E-state index contributed by atoms with van der Waals surface area (Å²) in [4.78, 5) is 22.0. The number of carbonyl (C=O) groups excluding carboxylic acids is 1. The van der Waals surface area contributed by atoms with Gasteiger partial charge in [-0.15, -0.1) is 0 Å². The van der Waals surface area contributed by atoms with E-state index < -0.39 is 0 Å². The largest absolute Gasteiger partial charge is 0.353 e. The van der Waals surface area contributed by atoms with Crippen LogP contribution in [0, 0.1) is 0 Å². The Kier molecular flexibility index (Phi) is 5.46. The molecule has 0 atom stereocenters. The van der Waals surface area contributed by atoms with Crippen LogP contribution in [0.15, 0.2) is 42.6 Å². The van der Waals surface area contributed by atoms with Gasteiger partial charge in [-0.1, -0.05) is 32.0 Å². The number of H-pyrrole nitrogens is 1. The molecular weight excluding hydrogens is 312 g/mol. The molecule has 0 saturated heterocycles. The fourth-order valence-corrected chi connectivity index (χ4v) is 2.95. The van der Waals surface area contributed by atoms with Crippen molar-refractivity contribution in [3.8, 4) is 0 Å². The first-order valence-electron chi connectivity index (χ1n) is 8.76. The topological polar surface area (TPSA) is 61.0 Å². The minimum absolute atomic E-state index is 0.0898. The first kappa shape index (κ1) is 17.2. The van der Waals surface area contributed by atoms with Crippen molar-refractivity contribution in [1.29, 1.82) is 0 Å². The highest BCUT2D eigenvalue weighted by Crippen LogP contribution is 2.25. The highest BCUT2D eigenvalue weighted by molar-refractivity contribution is 6.07. The van der Waals surface area contributed by atoms with E-state index in [1.807, 2.05) is 30.5 Å². The number of carbonyl (C=O) groups is 1. The van der Waals surface area contributed by atoms with Crippen LogP contribution in [0.25, 0.3) is 27.9 Å². The van der Waals surface area contributed by atoms with Gasteiger partial charge in [0.2, 0.25) is 5.91 Å². The fourth-order valence-electron chi connectivity index (χ4n) is 2.95. The molecule has 3 aromatic rings. The van der Waals surface area contributed by atoms with Crippen LogP contribution in [0.2, 0.25) is 0 Å². The molecule has 5 nitrogen and oxygen atoms in total. The molecule has 0 saturated carbocycles. The van der Waals surface area contributed by atoms with Crippen LogP contribution in [0.3, 0.4) is 0 Å². The van der Waals surface area contributed by atoms with Gasteiger partial charge in [0.1, 0.15) is 0 Å². The summed E-state index contributed by atoms with van der Waals surface area (Å²) in [5.41, 5.74) is 2.87. The van der Waals surface area contributed by atoms with E-state index in [1.54, 1.807) is 12.2 Å². The lowest BCUT2D eigenvalue weighted by Crippen LogP contribution is -2.34. The maximum atomic E-state index is 12.0. The fraction of sp³-hybridized carbons (Fsp3) is 0.300. The number of amides is 1. The first-order chi connectivity index (χ1) is 12.2. The van der Waals surface area contributed by atoms with Crippen molar-refractivity contribution in [2.75, 3.05) is 26.2 Å². The monoisotopic (exact) mass is 336 g/mol. The summed E-state index contributed by atoms with van der Waals surface area (Å²) in [6, 6.07) is 10.2. The summed E-state index contributed by atoms with van der Waals surface area (Å²) < 4.78 is 0. The second kappa shape index (κ2) is 7.94. The predicted octanol–water partition coefficient (Wildman–Crippen LogP) is 3.19. The van der Waals surface area contributed by atoms with Gasteiger partial charge in [0.25, 0.3) is 0 Å². The number of hydrogen-bond acceptors (Lipinski definition) is 3. The smallest absolute Gasteiger partial charge is 0.244 e. The molecule has 0 spiro atoms. The van der Waals surface area contributed by atoms with Gasteiger partial charge in [0.05, 0.1) is 17.4 Å². The van der Waals surface area contributed by atoms with E-state index >= 15 is 0 Å². The van der Waals surface area contributed by atoms with Gasteiger partial charge in [-0.25, -0.2) is 0 Å². The van der Waals surface area contributed by atoms with Crippen LogP contribution in [0.1, 0.15) is 19.5 Å². The molecule has 1 aromatic carbocycles. The summed E-state index contributed by atoms with van der Waals surface area (Å²) in [7, 11) is 0. The molecule has 3 rings (SSSR count). The van der Waals surface area contributed by atoms with Gasteiger partial charge in [0, 0.05) is 35.5 Å². The van der Waals surface area contributed by atoms with E-state index in [0.29, 0.717) is 6.54 Å². The van der Waals surface area contributed by atoms with Crippen LogP contribution >= 0.6 is 0 Å². The van der Waals surface area contributed by atoms with E-state index in [-0.39, 0.29) is 5.91 Å². The Labute approximate surface area is 147 Å². The van der Waals surface area contributed by atoms with Gasteiger partial charge in [-0.05, 0) is 31.3 Å². The number of rotatable bonds is 7. The minimum Gasteiger partial charge on any atom is -0.353 e. The van der Waals surface area contributed by atoms with Crippen molar-refractivity contribution >= 4 is 33.8 Å². The third-order valence-electron chi connectivity index (χ3n) is 4.44. The number of benzene rings is 1. The van der Waals surface area contributed by atoms with Gasteiger partial charge >= 0.3 is 0 Å². The molecule has 0 aliphatic carbocycles. The molecule has 2 heterocycles. The summed E-state index contributed by atoms with van der Waals surface area (Å²) in [5.74, 6) is -0.0898. The van der Waals surface area contributed by atoms with Gasteiger partial charge in [-0.3, -0.25) is 9.78 Å². The molecule has 5 heteroatoms. The third kappa shape index (κ3) is 4.06. The highest BCUT2D eigenvalue weighted by Gasteiger charge is 2.05. The van der Waals surface area contributed by atoms with E-state index in [1.165, 1.54) is 5.39 Å². The van der Waals surface area contributed by atoms with Crippen molar-refractivity contribution in [3.05, 3.63) is 48.3 Å². The van der Waals surface area contributed by atoms with Crippen molar-refractivity contribution < 1.29 is 4.79 Å². The molecule has 0 aliphatic rings. The zero-order valence-electron chi connectivity index (χ0n) is 14.7. The van der Waals surface area contributed by atoms with Crippen molar-refractivity contribution in [2.24, 2.45) is 0 Å². The Morgan fingerprint density at radius 2 is 2.00 bits per heavy atom. The Balaban J connectivity index is 1.66. The highest BCUT2D eigenvalue weighted by atomic mass is 16.1. The lowest BCUT2D eigenvalue weighted by atomic mass is 10.1. The molecule has 0 bridgehead atoms. The average Bonchev–Trinajstić information content (AvgIpc) is 3.01. The van der Waals surface area contributed by atoms with Crippen molar-refractivity contribution in [1.82, 2.24) is 20.2 Å². The van der Waals surface area contributed by atoms with E-state index in [4.69, 9.17) is 0 Å². The molecule has 0 unspecified atom stereocenters. The summed E-state index contributed by atoms with van der Waals surface area (Å²) in [6.07, 6.45) is 5.12. The number of fused-ring (bicyclic) bond motifs is 3. The molecular formula is C20H24N4O. The standard InChI is InChI=1S/C20H24N4O/c1-3-24(4-2)12-11-21-20(25)10-9-15-13-17-16-7-5-6-8-18(16)23-19(17)14-22-15/h5-10,13-14,23H,3-4,11-12H2,1-2H3,(H,21,25)/b10-9+. The molecule has 1 amide bonds. The predicted molar refractivity (Wildman–Crippen MR) is 103 cm³/mol. The number of nitrogens with one attached hydrogen (secondary N) is 2. The number of pyridine rings is 1. The molecule has 0 aliphatic heterocycles. The molecule has 2 N–H and O–H groups in total. The molecule has 0 radical (unpaired) electrons. The van der Waals surface area contributed by atoms with Gasteiger partial charge < -0.3 is 15.2 Å². The minimum atomic E-state index is -0.0898. The maximum Gasteiger partial charge on any atom is 0.244 e. The zero-order valence-corrected chi connectivity index (χ0v) is 14.7. The number of aromatic nitrogens is 2. The number of hydrogen-bond donors (Lipinski definition) is 2. The van der Waals surface area contributed by atoms with E-state index in [2.05, 4.69) is 40.1 Å². The molecule has 0 fully saturated rings. The second-order valence-corrected chi connectivity index (χ2v) is 5.98. The Bertz CT molecular complexity index is 893. The van der Waals surface area contributed by atoms with E-state index in [9.17, 15) is 4.79 Å². The Morgan fingerprint density at radius 1 is 1.20 bits per heavy atom. The normalized spacial score (nSPS) is 11.8.